The number of piperidine rings is 1. The van der Waals surface area contributed by atoms with Crippen molar-refractivity contribution in [3.05, 3.63) is 47.1 Å². The van der Waals surface area contributed by atoms with Gasteiger partial charge in [-0.05, 0) is 61.4 Å². The Hall–Kier alpha value is -2.60. The first kappa shape index (κ1) is 24.5. The van der Waals surface area contributed by atoms with Crippen LogP contribution in [0.4, 0.5) is 5.82 Å². The summed E-state index contributed by atoms with van der Waals surface area (Å²) in [6.45, 7) is 2.16. The number of ether oxygens (including phenoxy) is 1. The molecule has 1 aromatic carbocycles. The molecule has 1 saturated heterocycles. The zero-order valence-corrected chi connectivity index (χ0v) is 20.7. The molecule has 0 unspecified atom stereocenters. The molecule has 0 bridgehead atoms. The number of rotatable bonds is 6. The van der Waals surface area contributed by atoms with Crippen molar-refractivity contribution < 1.29 is 14.3 Å². The lowest BCUT2D eigenvalue weighted by molar-refractivity contribution is -0.146. The molecule has 34 heavy (non-hydrogen) atoms. The molecule has 1 N–H and O–H groups in total. The lowest BCUT2D eigenvalue weighted by atomic mass is 9.96. The molecule has 0 spiro atoms. The molecule has 182 valence electrons. The maximum atomic E-state index is 13.0. The van der Waals surface area contributed by atoms with Crippen LogP contribution in [-0.2, 0) is 9.53 Å². The molecule has 1 amide bonds. The molecular formula is C27H34ClN3O3. The minimum Gasteiger partial charge on any atom is -0.469 e. The third-order valence-electron chi connectivity index (χ3n) is 7.16. The number of anilines is 1. The molecule has 0 radical (unpaired) electrons. The van der Waals surface area contributed by atoms with Gasteiger partial charge in [-0.15, -0.1) is 0 Å². The van der Waals surface area contributed by atoms with Gasteiger partial charge < -0.3 is 15.0 Å². The number of nitrogens with zero attached hydrogens (tertiary/aromatic N) is 2. The van der Waals surface area contributed by atoms with Crippen LogP contribution in [0.15, 0.2) is 36.5 Å². The van der Waals surface area contributed by atoms with Crippen LogP contribution in [0.1, 0.15) is 61.7 Å². The maximum Gasteiger partial charge on any atom is 0.308 e. The Morgan fingerprint density at radius 1 is 1.09 bits per heavy atom. The average molecular weight is 484 g/mol. The lowest BCUT2D eigenvalue weighted by Gasteiger charge is -2.32. The number of halogens is 1. The topological polar surface area (TPSA) is 71.5 Å². The molecule has 6 nitrogen and oxygen atoms in total. The van der Waals surface area contributed by atoms with Crippen LogP contribution in [0.2, 0.25) is 5.02 Å². The van der Waals surface area contributed by atoms with E-state index in [1.165, 1.54) is 45.6 Å². The molecular weight excluding hydrogens is 450 g/mol. The van der Waals surface area contributed by atoms with Gasteiger partial charge in [-0.25, -0.2) is 4.98 Å². The largest absolute Gasteiger partial charge is 0.469 e. The van der Waals surface area contributed by atoms with Crippen LogP contribution in [0.25, 0.3) is 11.1 Å². The van der Waals surface area contributed by atoms with Crippen molar-refractivity contribution in [3.8, 4) is 11.1 Å². The smallest absolute Gasteiger partial charge is 0.308 e. The van der Waals surface area contributed by atoms with Crippen molar-refractivity contribution in [1.29, 1.82) is 0 Å². The van der Waals surface area contributed by atoms with Crippen LogP contribution in [0.5, 0.6) is 0 Å². The summed E-state index contributed by atoms with van der Waals surface area (Å²) in [6, 6.07) is 9.52. The second-order valence-corrected chi connectivity index (χ2v) is 9.83. The average Bonchev–Trinajstić information content (AvgIpc) is 3.16. The predicted molar refractivity (Wildman–Crippen MR) is 135 cm³/mol. The van der Waals surface area contributed by atoms with Crippen LogP contribution >= 0.6 is 11.6 Å². The zero-order valence-electron chi connectivity index (χ0n) is 19.9. The molecule has 1 aromatic heterocycles. The quantitative estimate of drug-likeness (QED) is 0.434. The summed E-state index contributed by atoms with van der Waals surface area (Å²) in [5.41, 5.74) is 2.35. The van der Waals surface area contributed by atoms with Gasteiger partial charge in [0.25, 0.3) is 5.91 Å². The van der Waals surface area contributed by atoms with Gasteiger partial charge in [0.05, 0.1) is 23.6 Å². The summed E-state index contributed by atoms with van der Waals surface area (Å²) in [7, 11) is 1.44. The number of amides is 1. The predicted octanol–water partition coefficient (Wildman–Crippen LogP) is 5.49. The Morgan fingerprint density at radius 2 is 1.82 bits per heavy atom. The summed E-state index contributed by atoms with van der Waals surface area (Å²) in [5.74, 6) is 1.08. The third-order valence-corrected chi connectivity index (χ3v) is 7.49. The molecule has 2 aliphatic rings. The highest BCUT2D eigenvalue weighted by atomic mass is 35.5. The maximum absolute atomic E-state index is 13.0. The van der Waals surface area contributed by atoms with Gasteiger partial charge in [-0.2, -0.15) is 0 Å². The van der Waals surface area contributed by atoms with Crippen molar-refractivity contribution in [3.63, 3.8) is 0 Å². The van der Waals surface area contributed by atoms with E-state index in [-0.39, 0.29) is 17.8 Å². The molecule has 0 atom stereocenters. The van der Waals surface area contributed by atoms with E-state index in [0.29, 0.717) is 23.0 Å². The van der Waals surface area contributed by atoms with E-state index < -0.39 is 0 Å². The Balaban J connectivity index is 1.49. The SMILES string of the molecule is COC(=O)C1CCN(c2ncccc2-c2ccc(Cl)c(C(=O)NCC3CCCCCC3)c2)CC1. The highest BCUT2D eigenvalue weighted by Gasteiger charge is 2.27. The van der Waals surface area contributed by atoms with E-state index in [1.807, 2.05) is 24.3 Å². The van der Waals surface area contributed by atoms with Gasteiger partial charge in [0.2, 0.25) is 0 Å². The second kappa shape index (κ2) is 11.7. The number of benzene rings is 1. The Kier molecular flexibility index (Phi) is 8.44. The molecule has 2 heterocycles. The highest BCUT2D eigenvalue weighted by molar-refractivity contribution is 6.34. The van der Waals surface area contributed by atoms with Crippen molar-refractivity contribution in [2.24, 2.45) is 11.8 Å². The summed E-state index contributed by atoms with van der Waals surface area (Å²) < 4.78 is 4.91. The number of aromatic nitrogens is 1. The molecule has 1 saturated carbocycles. The van der Waals surface area contributed by atoms with Gasteiger partial charge in [0, 0.05) is 31.4 Å². The Morgan fingerprint density at radius 3 is 2.53 bits per heavy atom. The lowest BCUT2D eigenvalue weighted by Crippen LogP contribution is -2.37. The van der Waals surface area contributed by atoms with Gasteiger partial charge in [-0.1, -0.05) is 43.4 Å². The van der Waals surface area contributed by atoms with Crippen molar-refractivity contribution in [2.75, 3.05) is 31.6 Å². The van der Waals surface area contributed by atoms with E-state index in [4.69, 9.17) is 16.3 Å². The monoisotopic (exact) mass is 483 g/mol. The number of carbonyl (C=O) groups is 2. The molecule has 2 aromatic rings. The number of methoxy groups -OCH3 is 1. The van der Waals surface area contributed by atoms with Gasteiger partial charge in [0.1, 0.15) is 5.82 Å². The fraction of sp³-hybridized carbons (Fsp3) is 0.519. The standard InChI is InChI=1S/C27H34ClN3O3/c1-34-27(33)20-12-15-31(16-13-20)25-22(9-6-14-29-25)21-10-11-24(28)23(17-21)26(32)30-18-19-7-4-2-3-5-8-19/h6,9-11,14,17,19-20H,2-5,7-8,12-13,15-16,18H2,1H3,(H,30,32). The number of nitrogens with one attached hydrogen (secondary N) is 1. The summed E-state index contributed by atoms with van der Waals surface area (Å²) >= 11 is 6.44. The van der Waals surface area contributed by atoms with Crippen LogP contribution in [-0.4, -0.2) is 43.6 Å². The highest BCUT2D eigenvalue weighted by Crippen LogP contribution is 2.33. The van der Waals surface area contributed by atoms with Gasteiger partial charge >= 0.3 is 5.97 Å². The minimum absolute atomic E-state index is 0.0623. The van der Waals surface area contributed by atoms with E-state index in [1.54, 1.807) is 12.3 Å². The number of carbonyl (C=O) groups excluding carboxylic acids is 2. The van der Waals surface area contributed by atoms with E-state index in [9.17, 15) is 9.59 Å². The molecule has 1 aliphatic heterocycles. The number of esters is 1. The first-order chi connectivity index (χ1) is 16.6. The van der Waals surface area contributed by atoms with Gasteiger partial charge in [0.15, 0.2) is 0 Å². The fourth-order valence-electron chi connectivity index (χ4n) is 5.14. The first-order valence-electron chi connectivity index (χ1n) is 12.4. The third kappa shape index (κ3) is 5.90. The van der Waals surface area contributed by atoms with Crippen LogP contribution in [0.3, 0.4) is 0 Å². The van der Waals surface area contributed by atoms with Crippen molar-refractivity contribution in [1.82, 2.24) is 10.3 Å². The number of hydrogen-bond acceptors (Lipinski definition) is 5. The van der Waals surface area contributed by atoms with Crippen LogP contribution in [0, 0.1) is 11.8 Å². The van der Waals surface area contributed by atoms with Crippen LogP contribution < -0.4 is 10.2 Å². The first-order valence-corrected chi connectivity index (χ1v) is 12.8. The number of hydrogen-bond donors (Lipinski definition) is 1. The van der Waals surface area contributed by atoms with E-state index >= 15 is 0 Å². The second-order valence-electron chi connectivity index (χ2n) is 9.42. The van der Waals surface area contributed by atoms with E-state index in [0.717, 1.165) is 42.9 Å². The molecule has 1 aliphatic carbocycles. The Bertz CT molecular complexity index is 996. The van der Waals surface area contributed by atoms with Crippen molar-refractivity contribution in [2.45, 2.75) is 51.4 Å². The molecule has 2 fully saturated rings. The summed E-state index contributed by atoms with van der Waals surface area (Å²) in [4.78, 5) is 31.8. The number of pyridine rings is 1. The zero-order chi connectivity index (χ0) is 23.9. The van der Waals surface area contributed by atoms with Crippen molar-refractivity contribution >= 4 is 29.3 Å². The molecule has 4 rings (SSSR count). The van der Waals surface area contributed by atoms with Gasteiger partial charge in [-0.3, -0.25) is 9.59 Å². The van der Waals surface area contributed by atoms with E-state index in [2.05, 4.69) is 15.2 Å². The fourth-order valence-corrected chi connectivity index (χ4v) is 5.34. The summed E-state index contributed by atoms with van der Waals surface area (Å²) in [6.07, 6.45) is 10.7. The Labute approximate surface area is 207 Å². The minimum atomic E-state index is -0.141. The molecule has 7 heteroatoms. The normalized spacial score (nSPS) is 17.8. The summed E-state index contributed by atoms with van der Waals surface area (Å²) in [5, 5.41) is 3.57.